The summed E-state index contributed by atoms with van der Waals surface area (Å²) >= 11 is 3.33. The van der Waals surface area contributed by atoms with Crippen LogP contribution in [0.1, 0.15) is 12.8 Å². The molecule has 1 rings (SSSR count). The summed E-state index contributed by atoms with van der Waals surface area (Å²) in [5.74, 6) is 0.922. The predicted molar refractivity (Wildman–Crippen MR) is 68.2 cm³/mol. The number of hydrogen-bond donors (Lipinski definition) is 0. The van der Waals surface area contributed by atoms with Crippen molar-refractivity contribution in [3.8, 4) is 11.5 Å². The largest absolute Gasteiger partial charge is 0.493 e. The zero-order valence-corrected chi connectivity index (χ0v) is 11.1. The van der Waals surface area contributed by atoms with E-state index < -0.39 is 4.92 Å². The fourth-order valence-electron chi connectivity index (χ4n) is 1.27. The lowest BCUT2D eigenvalue weighted by Crippen LogP contribution is -2.00. The number of halogens is 1. The van der Waals surface area contributed by atoms with Gasteiger partial charge in [0.1, 0.15) is 0 Å². The van der Waals surface area contributed by atoms with Crippen molar-refractivity contribution in [1.29, 1.82) is 0 Å². The summed E-state index contributed by atoms with van der Waals surface area (Å²) in [6.45, 7) is 0.569. The van der Waals surface area contributed by atoms with Gasteiger partial charge < -0.3 is 9.47 Å². The van der Waals surface area contributed by atoms with E-state index in [4.69, 9.17) is 9.47 Å². The molecular weight excluding hydrogens is 290 g/mol. The van der Waals surface area contributed by atoms with E-state index in [0.29, 0.717) is 18.1 Å². The lowest BCUT2D eigenvalue weighted by atomic mass is 10.3. The van der Waals surface area contributed by atoms with Gasteiger partial charge in [0.25, 0.3) is 5.69 Å². The molecule has 0 aliphatic carbocycles. The van der Waals surface area contributed by atoms with Gasteiger partial charge in [0, 0.05) is 11.4 Å². The van der Waals surface area contributed by atoms with Crippen LogP contribution in [0.25, 0.3) is 0 Å². The maximum absolute atomic E-state index is 10.6. The number of nitro groups is 1. The molecule has 6 heteroatoms. The molecule has 0 aliphatic heterocycles. The fraction of sp³-hybridized carbons (Fsp3) is 0.455. The predicted octanol–water partition coefficient (Wildman–Crippen LogP) is 3.16. The number of non-ortho nitro benzene ring substituents is 1. The first-order chi connectivity index (χ1) is 8.19. The summed E-state index contributed by atoms with van der Waals surface area (Å²) in [5, 5.41) is 11.5. The monoisotopic (exact) mass is 303 g/mol. The molecule has 1 aromatic carbocycles. The van der Waals surface area contributed by atoms with Crippen molar-refractivity contribution >= 4 is 21.6 Å². The smallest absolute Gasteiger partial charge is 0.273 e. The zero-order valence-electron chi connectivity index (χ0n) is 9.52. The molecule has 0 aromatic heterocycles. The average molecular weight is 304 g/mol. The molecule has 0 heterocycles. The third kappa shape index (κ3) is 4.22. The van der Waals surface area contributed by atoms with E-state index in [1.807, 2.05) is 0 Å². The number of methoxy groups -OCH3 is 1. The van der Waals surface area contributed by atoms with Crippen LogP contribution in [0.2, 0.25) is 0 Å². The highest BCUT2D eigenvalue weighted by Gasteiger charge is 2.11. The van der Waals surface area contributed by atoms with Gasteiger partial charge in [0.15, 0.2) is 11.5 Å². The number of nitro benzene ring substituents is 1. The first-order valence-corrected chi connectivity index (χ1v) is 6.32. The molecule has 0 atom stereocenters. The summed E-state index contributed by atoms with van der Waals surface area (Å²) in [6.07, 6.45) is 1.95. The second-order valence-electron chi connectivity index (χ2n) is 3.34. The number of benzene rings is 1. The summed E-state index contributed by atoms with van der Waals surface area (Å²) in [4.78, 5) is 10.1. The Kier molecular flexibility index (Phi) is 5.76. The van der Waals surface area contributed by atoms with Gasteiger partial charge in [-0.2, -0.15) is 0 Å². The van der Waals surface area contributed by atoms with Gasteiger partial charge in [-0.1, -0.05) is 15.9 Å². The highest BCUT2D eigenvalue weighted by atomic mass is 79.9. The molecule has 1 aromatic rings. The second-order valence-corrected chi connectivity index (χ2v) is 4.13. The first-order valence-electron chi connectivity index (χ1n) is 5.20. The molecule has 0 saturated carbocycles. The van der Waals surface area contributed by atoms with Crippen LogP contribution in [0, 0.1) is 10.1 Å². The van der Waals surface area contributed by atoms with Crippen molar-refractivity contribution in [3.05, 3.63) is 28.3 Å². The molecule has 0 spiro atoms. The number of unbranched alkanes of at least 4 members (excludes halogenated alkanes) is 1. The quantitative estimate of drug-likeness (QED) is 0.336. The van der Waals surface area contributed by atoms with Crippen molar-refractivity contribution in [2.45, 2.75) is 12.8 Å². The molecular formula is C11H14BrNO4. The van der Waals surface area contributed by atoms with Gasteiger partial charge in [0.2, 0.25) is 0 Å². The number of hydrogen-bond acceptors (Lipinski definition) is 4. The minimum Gasteiger partial charge on any atom is -0.493 e. The third-order valence-electron chi connectivity index (χ3n) is 2.14. The van der Waals surface area contributed by atoms with Crippen molar-refractivity contribution in [2.24, 2.45) is 0 Å². The Morgan fingerprint density at radius 1 is 1.35 bits per heavy atom. The number of rotatable bonds is 7. The van der Waals surface area contributed by atoms with Gasteiger partial charge in [0.05, 0.1) is 24.7 Å². The van der Waals surface area contributed by atoms with Crippen LogP contribution in [-0.2, 0) is 0 Å². The maximum Gasteiger partial charge on any atom is 0.273 e. The van der Waals surface area contributed by atoms with Gasteiger partial charge in [-0.25, -0.2) is 0 Å². The summed E-state index contributed by atoms with van der Waals surface area (Å²) < 4.78 is 10.6. The third-order valence-corrected chi connectivity index (χ3v) is 2.70. The summed E-state index contributed by atoms with van der Waals surface area (Å²) in [5.41, 5.74) is -0.00495. The molecule has 0 N–H and O–H groups in total. The van der Waals surface area contributed by atoms with Gasteiger partial charge in [-0.3, -0.25) is 10.1 Å². The fourth-order valence-corrected chi connectivity index (χ4v) is 1.66. The van der Waals surface area contributed by atoms with E-state index in [2.05, 4.69) is 15.9 Å². The molecule has 0 radical (unpaired) electrons. The van der Waals surface area contributed by atoms with Gasteiger partial charge in [-0.05, 0) is 18.9 Å². The van der Waals surface area contributed by atoms with Crippen LogP contribution in [-0.4, -0.2) is 24.0 Å². The van der Waals surface area contributed by atoms with E-state index in [0.717, 1.165) is 18.2 Å². The van der Waals surface area contributed by atoms with Crippen LogP contribution in [0.5, 0.6) is 11.5 Å². The normalized spacial score (nSPS) is 10.0. The Morgan fingerprint density at radius 2 is 2.12 bits per heavy atom. The van der Waals surface area contributed by atoms with Crippen LogP contribution < -0.4 is 9.47 Å². The lowest BCUT2D eigenvalue weighted by molar-refractivity contribution is -0.384. The molecule has 94 valence electrons. The first kappa shape index (κ1) is 13.8. The molecule has 17 heavy (non-hydrogen) atoms. The SMILES string of the molecule is COc1cc([N+](=O)[O-])ccc1OCCCCBr. The van der Waals surface area contributed by atoms with Crippen molar-refractivity contribution in [3.63, 3.8) is 0 Å². The Labute approximate surface area is 108 Å². The molecule has 0 aliphatic rings. The van der Waals surface area contributed by atoms with E-state index in [1.165, 1.54) is 19.2 Å². The van der Waals surface area contributed by atoms with Crippen LogP contribution in [0.3, 0.4) is 0 Å². The van der Waals surface area contributed by atoms with Crippen LogP contribution in [0.15, 0.2) is 18.2 Å². The average Bonchev–Trinajstić information content (AvgIpc) is 2.34. The van der Waals surface area contributed by atoms with Gasteiger partial charge >= 0.3 is 0 Å². The van der Waals surface area contributed by atoms with E-state index >= 15 is 0 Å². The van der Waals surface area contributed by atoms with E-state index in [1.54, 1.807) is 6.07 Å². The number of nitrogens with zero attached hydrogens (tertiary/aromatic N) is 1. The summed E-state index contributed by atoms with van der Waals surface area (Å²) in [6, 6.07) is 4.33. The van der Waals surface area contributed by atoms with Crippen molar-refractivity contribution in [2.75, 3.05) is 19.0 Å². The minimum absolute atomic E-state index is 0.00495. The Hall–Kier alpha value is -1.30. The van der Waals surface area contributed by atoms with Crippen molar-refractivity contribution in [1.82, 2.24) is 0 Å². The van der Waals surface area contributed by atoms with E-state index in [9.17, 15) is 10.1 Å². The highest BCUT2D eigenvalue weighted by Crippen LogP contribution is 2.31. The number of ether oxygens (including phenoxy) is 2. The molecule has 0 amide bonds. The summed E-state index contributed by atoms with van der Waals surface area (Å²) in [7, 11) is 1.46. The van der Waals surface area contributed by atoms with E-state index in [-0.39, 0.29) is 5.69 Å². The second kappa shape index (κ2) is 7.11. The molecule has 0 unspecified atom stereocenters. The zero-order chi connectivity index (χ0) is 12.7. The number of alkyl halides is 1. The van der Waals surface area contributed by atoms with Crippen LogP contribution >= 0.6 is 15.9 Å². The topological polar surface area (TPSA) is 61.6 Å². The highest BCUT2D eigenvalue weighted by molar-refractivity contribution is 9.09. The molecule has 0 bridgehead atoms. The standard InChI is InChI=1S/C11H14BrNO4/c1-16-11-8-9(13(14)15)4-5-10(11)17-7-3-2-6-12/h4-5,8H,2-3,6-7H2,1H3. The lowest BCUT2D eigenvalue weighted by Gasteiger charge is -2.09. The van der Waals surface area contributed by atoms with Gasteiger partial charge in [-0.15, -0.1) is 0 Å². The Balaban J connectivity index is 2.68. The molecule has 0 saturated heterocycles. The minimum atomic E-state index is -0.461. The van der Waals surface area contributed by atoms with Crippen molar-refractivity contribution < 1.29 is 14.4 Å². The maximum atomic E-state index is 10.6. The molecule has 0 fully saturated rings. The Bertz CT molecular complexity index is 384. The molecule has 5 nitrogen and oxygen atoms in total. The Morgan fingerprint density at radius 3 is 2.71 bits per heavy atom. The van der Waals surface area contributed by atoms with Crippen LogP contribution in [0.4, 0.5) is 5.69 Å².